The van der Waals surface area contributed by atoms with Crippen LogP contribution in [0.2, 0.25) is 5.02 Å². The largest absolute Gasteiger partial charge is 0.352 e. The molecule has 3 amide bonds. The Hall–Kier alpha value is -2.54. The van der Waals surface area contributed by atoms with Gasteiger partial charge in [-0.1, -0.05) is 43.5 Å². The number of aromatic nitrogens is 2. The van der Waals surface area contributed by atoms with Gasteiger partial charge in [0.2, 0.25) is 5.91 Å². The summed E-state index contributed by atoms with van der Waals surface area (Å²) in [6.07, 6.45) is 5.40. The van der Waals surface area contributed by atoms with Crippen molar-refractivity contribution in [2.24, 2.45) is 5.73 Å². The predicted octanol–water partition coefficient (Wildman–Crippen LogP) is 2.69. The maximum absolute atomic E-state index is 12.3. The molecule has 0 aliphatic rings. The van der Waals surface area contributed by atoms with Gasteiger partial charge in [0.25, 0.3) is 0 Å². The highest BCUT2D eigenvalue weighted by atomic mass is 35.5. The van der Waals surface area contributed by atoms with Gasteiger partial charge in [-0.25, -0.2) is 9.48 Å². The van der Waals surface area contributed by atoms with Gasteiger partial charge in [-0.3, -0.25) is 4.79 Å². The van der Waals surface area contributed by atoms with Crippen LogP contribution in [0, 0.1) is 0 Å². The molecular weight excluding hydrogens is 330 g/mol. The lowest BCUT2D eigenvalue weighted by Gasteiger charge is -2.16. The summed E-state index contributed by atoms with van der Waals surface area (Å²) >= 11 is 6.13. The topological polar surface area (TPSA) is 102 Å². The van der Waals surface area contributed by atoms with Crippen molar-refractivity contribution in [3.63, 3.8) is 0 Å². The number of hydrogen-bond acceptors (Lipinski definition) is 3. The molecule has 0 fully saturated rings. The average molecular weight is 350 g/mol. The van der Waals surface area contributed by atoms with Gasteiger partial charge >= 0.3 is 6.03 Å². The summed E-state index contributed by atoms with van der Waals surface area (Å²) in [7, 11) is 0. The van der Waals surface area contributed by atoms with Crippen molar-refractivity contribution < 1.29 is 9.59 Å². The van der Waals surface area contributed by atoms with Crippen molar-refractivity contribution in [3.8, 4) is 5.69 Å². The van der Waals surface area contributed by atoms with Crippen LogP contribution >= 0.6 is 11.6 Å². The van der Waals surface area contributed by atoms with Gasteiger partial charge in [0.15, 0.2) is 0 Å². The van der Waals surface area contributed by atoms with Crippen molar-refractivity contribution in [1.82, 2.24) is 15.1 Å². The standard InChI is InChI=1S/C16H20ClN5O2/c1-2-3-7-13(21-16(18)24)15(23)20-11-9-19-22(10-11)14-8-5-4-6-12(14)17/h4-6,8-10,13H,2-3,7H2,1H3,(H,20,23)(H3,18,21,24)/t13-/m1/s1. The fraction of sp³-hybridized carbons (Fsp3) is 0.312. The zero-order chi connectivity index (χ0) is 17.5. The van der Waals surface area contributed by atoms with Crippen LogP contribution in [0.1, 0.15) is 26.2 Å². The monoisotopic (exact) mass is 349 g/mol. The molecule has 7 nitrogen and oxygen atoms in total. The summed E-state index contributed by atoms with van der Waals surface area (Å²) in [5.74, 6) is -0.332. The highest BCUT2D eigenvalue weighted by Crippen LogP contribution is 2.20. The Morgan fingerprint density at radius 3 is 2.79 bits per heavy atom. The molecule has 0 unspecified atom stereocenters. The molecule has 24 heavy (non-hydrogen) atoms. The van der Waals surface area contributed by atoms with E-state index < -0.39 is 12.1 Å². The number of unbranched alkanes of at least 4 members (excludes halogenated alkanes) is 1. The first kappa shape index (κ1) is 17.8. The Morgan fingerprint density at radius 1 is 1.38 bits per heavy atom. The van der Waals surface area contributed by atoms with Crippen LogP contribution in [0.25, 0.3) is 5.69 Å². The van der Waals surface area contributed by atoms with Gasteiger partial charge in [0.1, 0.15) is 6.04 Å². The number of halogens is 1. The molecule has 128 valence electrons. The van der Waals surface area contributed by atoms with E-state index in [1.165, 1.54) is 6.20 Å². The van der Waals surface area contributed by atoms with E-state index >= 15 is 0 Å². The third-order valence-corrected chi connectivity index (χ3v) is 3.75. The van der Waals surface area contributed by atoms with E-state index in [2.05, 4.69) is 15.7 Å². The molecule has 2 rings (SSSR count). The highest BCUT2D eigenvalue weighted by Gasteiger charge is 2.20. The zero-order valence-electron chi connectivity index (χ0n) is 13.3. The molecule has 0 aliphatic carbocycles. The lowest BCUT2D eigenvalue weighted by Crippen LogP contribution is -2.46. The van der Waals surface area contributed by atoms with Gasteiger partial charge in [-0.15, -0.1) is 0 Å². The lowest BCUT2D eigenvalue weighted by atomic mass is 10.1. The Bertz CT molecular complexity index is 716. The third-order valence-electron chi connectivity index (χ3n) is 3.43. The SMILES string of the molecule is CCCC[C@@H](NC(N)=O)C(=O)Nc1cnn(-c2ccccc2Cl)c1. The number of carbonyl (C=O) groups excluding carboxylic acids is 2. The Morgan fingerprint density at radius 2 is 2.12 bits per heavy atom. The number of benzene rings is 1. The van der Waals surface area contributed by atoms with Gasteiger partial charge in [-0.05, 0) is 18.6 Å². The number of hydrogen-bond donors (Lipinski definition) is 3. The molecule has 0 aliphatic heterocycles. The molecule has 1 aromatic carbocycles. The number of urea groups is 1. The van der Waals surface area contributed by atoms with Crippen molar-refractivity contribution in [2.75, 3.05) is 5.32 Å². The number of nitrogens with zero attached hydrogens (tertiary/aromatic N) is 2. The van der Waals surface area contributed by atoms with Crippen LogP contribution in [-0.4, -0.2) is 27.8 Å². The van der Waals surface area contributed by atoms with E-state index in [1.807, 2.05) is 25.1 Å². The number of para-hydroxylation sites is 1. The second kappa shape index (κ2) is 8.35. The van der Waals surface area contributed by atoms with Crippen LogP contribution < -0.4 is 16.4 Å². The molecule has 0 saturated heterocycles. The number of rotatable bonds is 7. The molecule has 0 bridgehead atoms. The number of nitrogens with one attached hydrogen (secondary N) is 2. The van der Waals surface area contributed by atoms with E-state index in [9.17, 15) is 9.59 Å². The summed E-state index contributed by atoms with van der Waals surface area (Å²) in [5.41, 5.74) is 6.34. The fourth-order valence-corrected chi connectivity index (χ4v) is 2.46. The van der Waals surface area contributed by atoms with Crippen molar-refractivity contribution in [2.45, 2.75) is 32.2 Å². The first-order valence-electron chi connectivity index (χ1n) is 7.67. The Kier molecular flexibility index (Phi) is 6.20. The molecule has 1 atom stereocenters. The van der Waals surface area contributed by atoms with Gasteiger partial charge in [0, 0.05) is 0 Å². The minimum absolute atomic E-state index is 0.332. The Balaban J connectivity index is 2.08. The van der Waals surface area contributed by atoms with Crippen molar-refractivity contribution in [1.29, 1.82) is 0 Å². The van der Waals surface area contributed by atoms with Crippen LogP contribution in [-0.2, 0) is 4.79 Å². The molecule has 2 aromatic rings. The fourth-order valence-electron chi connectivity index (χ4n) is 2.23. The van der Waals surface area contributed by atoms with Crippen molar-refractivity contribution >= 4 is 29.2 Å². The molecule has 1 aromatic heterocycles. The molecule has 1 heterocycles. The van der Waals surface area contributed by atoms with E-state index in [-0.39, 0.29) is 5.91 Å². The second-order valence-corrected chi connectivity index (χ2v) is 5.72. The number of primary amides is 1. The van der Waals surface area contributed by atoms with Crippen molar-refractivity contribution in [3.05, 3.63) is 41.7 Å². The van der Waals surface area contributed by atoms with E-state index in [1.54, 1.807) is 16.9 Å². The van der Waals surface area contributed by atoms with Crippen LogP contribution in [0.5, 0.6) is 0 Å². The van der Waals surface area contributed by atoms with E-state index in [0.29, 0.717) is 22.8 Å². The normalized spacial score (nSPS) is 11.8. The van der Waals surface area contributed by atoms with Gasteiger partial charge in [-0.2, -0.15) is 5.10 Å². The minimum atomic E-state index is -0.724. The quantitative estimate of drug-likeness (QED) is 0.716. The van der Waals surface area contributed by atoms with E-state index in [0.717, 1.165) is 12.8 Å². The number of anilines is 1. The minimum Gasteiger partial charge on any atom is -0.352 e. The summed E-state index contributed by atoms with van der Waals surface area (Å²) in [6, 6.07) is 5.85. The van der Waals surface area contributed by atoms with E-state index in [4.69, 9.17) is 17.3 Å². The summed E-state index contributed by atoms with van der Waals surface area (Å²) in [6.45, 7) is 2.01. The number of amides is 3. The highest BCUT2D eigenvalue weighted by molar-refractivity contribution is 6.32. The molecule has 0 spiro atoms. The van der Waals surface area contributed by atoms with Crippen LogP contribution in [0.15, 0.2) is 36.7 Å². The smallest absolute Gasteiger partial charge is 0.312 e. The molecule has 0 radical (unpaired) electrons. The molecule has 8 heteroatoms. The second-order valence-electron chi connectivity index (χ2n) is 5.32. The zero-order valence-corrected chi connectivity index (χ0v) is 14.1. The van der Waals surface area contributed by atoms with Gasteiger partial charge in [0.05, 0.1) is 28.8 Å². The van der Waals surface area contributed by atoms with Crippen LogP contribution in [0.3, 0.4) is 0 Å². The summed E-state index contributed by atoms with van der Waals surface area (Å²) in [4.78, 5) is 23.4. The molecular formula is C16H20ClN5O2. The summed E-state index contributed by atoms with van der Waals surface area (Å²) in [5, 5.41) is 9.93. The van der Waals surface area contributed by atoms with Gasteiger partial charge < -0.3 is 16.4 Å². The molecule has 4 N–H and O–H groups in total. The molecule has 0 saturated carbocycles. The number of carbonyl (C=O) groups is 2. The van der Waals surface area contributed by atoms with Crippen LogP contribution in [0.4, 0.5) is 10.5 Å². The lowest BCUT2D eigenvalue weighted by molar-refractivity contribution is -0.118. The first-order valence-corrected chi connectivity index (χ1v) is 8.05. The Labute approximate surface area is 145 Å². The first-order chi connectivity index (χ1) is 11.5. The average Bonchev–Trinajstić information content (AvgIpc) is 2.99. The number of nitrogens with two attached hydrogens (primary N) is 1. The predicted molar refractivity (Wildman–Crippen MR) is 93.2 cm³/mol. The maximum atomic E-state index is 12.3. The maximum Gasteiger partial charge on any atom is 0.312 e. The summed E-state index contributed by atoms with van der Waals surface area (Å²) < 4.78 is 1.57. The third kappa shape index (κ3) is 4.73.